The molecule has 2 saturated heterocycles. The van der Waals surface area contributed by atoms with Crippen molar-refractivity contribution in [2.45, 2.75) is 37.6 Å². The first kappa shape index (κ1) is 19.7. The highest BCUT2D eigenvalue weighted by Crippen LogP contribution is 2.44. The molecule has 0 N–H and O–H groups in total. The summed E-state index contributed by atoms with van der Waals surface area (Å²) in [6, 6.07) is 6.86. The normalized spacial score (nSPS) is 25.2. The zero-order valence-electron chi connectivity index (χ0n) is 17.2. The molecule has 154 valence electrons. The zero-order valence-corrected chi connectivity index (χ0v) is 17.2. The van der Waals surface area contributed by atoms with Crippen molar-refractivity contribution in [3.8, 4) is 5.75 Å². The summed E-state index contributed by atoms with van der Waals surface area (Å²) in [5.41, 5.74) is 2.64. The summed E-state index contributed by atoms with van der Waals surface area (Å²) in [7, 11) is 3.44. The van der Waals surface area contributed by atoms with Gasteiger partial charge in [-0.3, -0.25) is 9.80 Å². The van der Waals surface area contributed by atoms with E-state index in [9.17, 15) is 4.79 Å². The minimum atomic E-state index is -0.299. The molecule has 0 spiro atoms. The molecule has 0 bridgehead atoms. The highest BCUT2D eigenvalue weighted by atomic mass is 16.6. The Morgan fingerprint density at radius 3 is 2.79 bits per heavy atom. The number of hydrogen-bond acceptors (Lipinski definition) is 5. The molecule has 4 rings (SSSR count). The second-order valence-electron chi connectivity index (χ2n) is 8.43. The predicted molar refractivity (Wildman–Crippen MR) is 109 cm³/mol. The number of amides is 1. The summed E-state index contributed by atoms with van der Waals surface area (Å²) in [5.74, 6) is 1.32. The predicted octanol–water partition coefficient (Wildman–Crippen LogP) is 2.57. The maximum atomic E-state index is 12.0. The Balaban J connectivity index is 1.37. The molecule has 0 unspecified atom stereocenters. The molecule has 2 aliphatic heterocycles. The molecule has 28 heavy (non-hydrogen) atoms. The molecule has 1 amide bonds. The van der Waals surface area contributed by atoms with Crippen LogP contribution in [0.4, 0.5) is 4.79 Å². The van der Waals surface area contributed by atoms with Crippen molar-refractivity contribution in [1.82, 2.24) is 14.7 Å². The monoisotopic (exact) mass is 387 g/mol. The lowest BCUT2D eigenvalue weighted by atomic mass is 9.79. The van der Waals surface area contributed by atoms with E-state index in [1.54, 1.807) is 14.1 Å². The maximum Gasteiger partial charge on any atom is 0.414 e. The SMILES string of the molecule is CN(C)C(=O)Oc1cccc2c1CC[C@H]1[C@@H]2CCN1CCCN1CCOCC1. The van der Waals surface area contributed by atoms with Crippen molar-refractivity contribution in [3.63, 3.8) is 0 Å². The number of likely N-dealkylation sites (tertiary alicyclic amines) is 1. The van der Waals surface area contributed by atoms with Crippen LogP contribution in [0.15, 0.2) is 18.2 Å². The van der Waals surface area contributed by atoms with Crippen LogP contribution in [0.25, 0.3) is 0 Å². The zero-order chi connectivity index (χ0) is 19.5. The molecule has 2 heterocycles. The number of carbonyl (C=O) groups is 1. The van der Waals surface area contributed by atoms with E-state index in [2.05, 4.69) is 15.9 Å². The molecular weight excluding hydrogens is 354 g/mol. The smallest absolute Gasteiger partial charge is 0.410 e. The molecular formula is C22H33N3O3. The first-order valence-electron chi connectivity index (χ1n) is 10.7. The summed E-state index contributed by atoms with van der Waals surface area (Å²) in [4.78, 5) is 18.7. The summed E-state index contributed by atoms with van der Waals surface area (Å²) in [6.07, 6.45) is 4.29. The fraction of sp³-hybridized carbons (Fsp3) is 0.682. The Labute approximate surface area is 168 Å². The number of rotatable bonds is 5. The number of fused-ring (bicyclic) bond motifs is 3. The van der Waals surface area contributed by atoms with E-state index >= 15 is 0 Å². The number of benzene rings is 1. The van der Waals surface area contributed by atoms with Gasteiger partial charge in [-0.1, -0.05) is 12.1 Å². The summed E-state index contributed by atoms with van der Waals surface area (Å²) >= 11 is 0. The molecule has 0 aromatic heterocycles. The average molecular weight is 388 g/mol. The van der Waals surface area contributed by atoms with Gasteiger partial charge in [0.25, 0.3) is 0 Å². The first-order chi connectivity index (χ1) is 13.6. The number of morpholine rings is 1. The van der Waals surface area contributed by atoms with Gasteiger partial charge in [-0.15, -0.1) is 0 Å². The van der Waals surface area contributed by atoms with Gasteiger partial charge in [0.15, 0.2) is 0 Å². The minimum Gasteiger partial charge on any atom is -0.410 e. The number of hydrogen-bond donors (Lipinski definition) is 0. The first-order valence-corrected chi connectivity index (χ1v) is 10.7. The molecule has 1 aromatic carbocycles. The fourth-order valence-electron chi connectivity index (χ4n) is 5.03. The highest BCUT2D eigenvalue weighted by Gasteiger charge is 2.39. The Bertz CT molecular complexity index is 688. The van der Waals surface area contributed by atoms with Crippen LogP contribution < -0.4 is 4.74 Å². The van der Waals surface area contributed by atoms with Crippen LogP contribution >= 0.6 is 0 Å². The van der Waals surface area contributed by atoms with Gasteiger partial charge >= 0.3 is 6.09 Å². The lowest BCUT2D eigenvalue weighted by Crippen LogP contribution is -2.40. The van der Waals surface area contributed by atoms with Crippen molar-refractivity contribution in [1.29, 1.82) is 0 Å². The molecule has 0 radical (unpaired) electrons. The van der Waals surface area contributed by atoms with Crippen LogP contribution in [0.3, 0.4) is 0 Å². The lowest BCUT2D eigenvalue weighted by Gasteiger charge is -2.34. The lowest BCUT2D eigenvalue weighted by molar-refractivity contribution is 0.0358. The molecule has 6 nitrogen and oxygen atoms in total. The van der Waals surface area contributed by atoms with Crippen molar-refractivity contribution in [2.24, 2.45) is 0 Å². The van der Waals surface area contributed by atoms with Gasteiger partial charge in [-0.2, -0.15) is 0 Å². The van der Waals surface area contributed by atoms with Crippen LogP contribution in [0.5, 0.6) is 5.75 Å². The quantitative estimate of drug-likeness (QED) is 0.777. The molecule has 2 fully saturated rings. The average Bonchev–Trinajstić information content (AvgIpc) is 3.12. The second-order valence-corrected chi connectivity index (χ2v) is 8.43. The van der Waals surface area contributed by atoms with E-state index in [4.69, 9.17) is 9.47 Å². The number of carbonyl (C=O) groups excluding carboxylic acids is 1. The van der Waals surface area contributed by atoms with Crippen LogP contribution in [0, 0.1) is 0 Å². The van der Waals surface area contributed by atoms with Crippen LogP contribution in [-0.2, 0) is 11.2 Å². The van der Waals surface area contributed by atoms with Crippen molar-refractivity contribution in [3.05, 3.63) is 29.3 Å². The van der Waals surface area contributed by atoms with Crippen LogP contribution in [0.2, 0.25) is 0 Å². The van der Waals surface area contributed by atoms with E-state index in [0.717, 1.165) is 44.9 Å². The summed E-state index contributed by atoms with van der Waals surface area (Å²) < 4.78 is 11.1. The van der Waals surface area contributed by atoms with Gasteiger partial charge in [0.2, 0.25) is 0 Å². The third kappa shape index (κ3) is 4.19. The van der Waals surface area contributed by atoms with E-state index in [1.807, 2.05) is 12.1 Å². The third-order valence-electron chi connectivity index (χ3n) is 6.51. The maximum absolute atomic E-state index is 12.0. The minimum absolute atomic E-state index is 0.299. The highest BCUT2D eigenvalue weighted by molar-refractivity contribution is 5.70. The molecule has 3 aliphatic rings. The Morgan fingerprint density at radius 1 is 1.18 bits per heavy atom. The van der Waals surface area contributed by atoms with Crippen LogP contribution in [0.1, 0.15) is 36.3 Å². The van der Waals surface area contributed by atoms with Crippen molar-refractivity contribution >= 4 is 6.09 Å². The van der Waals surface area contributed by atoms with Crippen LogP contribution in [-0.4, -0.2) is 86.9 Å². The molecule has 6 heteroatoms. The third-order valence-corrected chi connectivity index (χ3v) is 6.51. The number of ether oxygens (including phenoxy) is 2. The van der Waals surface area contributed by atoms with Gasteiger partial charge in [-0.05, 0) is 62.5 Å². The second kappa shape index (κ2) is 8.80. The number of nitrogens with zero attached hydrogens (tertiary/aromatic N) is 3. The molecule has 1 aromatic rings. The van der Waals surface area contributed by atoms with Gasteiger partial charge in [0.05, 0.1) is 13.2 Å². The summed E-state index contributed by atoms with van der Waals surface area (Å²) in [5, 5.41) is 0. The van der Waals surface area contributed by atoms with Gasteiger partial charge in [0, 0.05) is 39.1 Å². The van der Waals surface area contributed by atoms with E-state index in [0.29, 0.717) is 12.0 Å². The van der Waals surface area contributed by atoms with Gasteiger partial charge < -0.3 is 14.4 Å². The van der Waals surface area contributed by atoms with E-state index in [1.165, 1.54) is 48.5 Å². The molecule has 2 atom stereocenters. The van der Waals surface area contributed by atoms with Crippen molar-refractivity contribution < 1.29 is 14.3 Å². The van der Waals surface area contributed by atoms with Gasteiger partial charge in [-0.25, -0.2) is 4.79 Å². The standard InChI is InChI=1S/C22H33N3O3/c1-23(2)22(26)28-21-6-3-5-17-18-9-12-25(20(18)8-7-19(17)21)11-4-10-24-13-15-27-16-14-24/h3,5-6,18,20H,4,7-16H2,1-2H3/t18-,20+/m1/s1. The van der Waals surface area contributed by atoms with E-state index in [-0.39, 0.29) is 6.09 Å². The van der Waals surface area contributed by atoms with E-state index < -0.39 is 0 Å². The Morgan fingerprint density at radius 2 is 2.00 bits per heavy atom. The topological polar surface area (TPSA) is 45.2 Å². The summed E-state index contributed by atoms with van der Waals surface area (Å²) in [6.45, 7) is 7.46. The Hall–Kier alpha value is -1.63. The molecule has 1 aliphatic carbocycles. The molecule has 0 saturated carbocycles. The van der Waals surface area contributed by atoms with Crippen molar-refractivity contribution in [2.75, 3.05) is 60.0 Å². The Kier molecular flexibility index (Phi) is 6.19. The fourth-order valence-corrected chi connectivity index (χ4v) is 5.03. The van der Waals surface area contributed by atoms with Gasteiger partial charge in [0.1, 0.15) is 5.75 Å². The largest absolute Gasteiger partial charge is 0.414 e.